The van der Waals surface area contributed by atoms with Gasteiger partial charge in [0.25, 0.3) is 11.8 Å². The van der Waals surface area contributed by atoms with Crippen molar-refractivity contribution in [3.05, 3.63) is 53.7 Å². The van der Waals surface area contributed by atoms with Gasteiger partial charge in [-0.25, -0.2) is 0 Å². The molecule has 8 nitrogen and oxygen atoms in total. The molecule has 0 saturated heterocycles. The molecule has 182 valence electrons. The Morgan fingerprint density at radius 1 is 0.882 bits per heavy atom. The fourth-order valence-corrected chi connectivity index (χ4v) is 3.53. The maximum absolute atomic E-state index is 13.3. The highest BCUT2D eigenvalue weighted by atomic mass is 16.5. The molecule has 3 rings (SSSR count). The summed E-state index contributed by atoms with van der Waals surface area (Å²) >= 11 is 0. The van der Waals surface area contributed by atoms with Crippen LogP contribution in [-0.2, 0) is 14.3 Å². The molecule has 1 aliphatic heterocycles. The number of carbonyl (C=O) groups excluding carboxylic acids is 2. The molecule has 1 N–H and O–H groups in total. The Balaban J connectivity index is 1.97. The lowest BCUT2D eigenvalue weighted by molar-refractivity contribution is -0.137. The number of amides is 2. The largest absolute Gasteiger partial charge is 0.497 e. The van der Waals surface area contributed by atoms with Gasteiger partial charge in [0.1, 0.15) is 22.9 Å². The van der Waals surface area contributed by atoms with Gasteiger partial charge in [-0.3, -0.25) is 14.5 Å². The maximum atomic E-state index is 13.3. The number of carbonyl (C=O) groups is 2. The third kappa shape index (κ3) is 5.88. The van der Waals surface area contributed by atoms with Crippen LogP contribution in [0.3, 0.4) is 0 Å². The summed E-state index contributed by atoms with van der Waals surface area (Å²) in [7, 11) is 4.69. The lowest BCUT2D eigenvalue weighted by Gasteiger charge is -2.15. The third-order valence-electron chi connectivity index (χ3n) is 5.25. The summed E-state index contributed by atoms with van der Waals surface area (Å²) in [6, 6.07) is 12.4. The highest BCUT2D eigenvalue weighted by molar-refractivity contribution is 6.36. The van der Waals surface area contributed by atoms with E-state index in [4.69, 9.17) is 18.9 Å². The Morgan fingerprint density at radius 2 is 1.53 bits per heavy atom. The second kappa shape index (κ2) is 11.6. The predicted molar refractivity (Wildman–Crippen MR) is 130 cm³/mol. The van der Waals surface area contributed by atoms with Crippen LogP contribution >= 0.6 is 0 Å². The fraction of sp³-hybridized carbons (Fsp3) is 0.385. The van der Waals surface area contributed by atoms with Crippen molar-refractivity contribution in [3.8, 4) is 17.2 Å². The molecule has 0 fully saturated rings. The van der Waals surface area contributed by atoms with Crippen molar-refractivity contribution in [2.45, 2.75) is 20.3 Å². The van der Waals surface area contributed by atoms with E-state index in [-0.39, 0.29) is 18.1 Å². The van der Waals surface area contributed by atoms with Crippen LogP contribution in [0.2, 0.25) is 0 Å². The molecule has 8 heteroatoms. The van der Waals surface area contributed by atoms with Crippen molar-refractivity contribution in [1.82, 2.24) is 4.90 Å². The highest BCUT2D eigenvalue weighted by Crippen LogP contribution is 2.33. The zero-order valence-corrected chi connectivity index (χ0v) is 20.3. The van der Waals surface area contributed by atoms with E-state index in [0.29, 0.717) is 59.6 Å². The molecule has 2 aromatic carbocycles. The second-order valence-corrected chi connectivity index (χ2v) is 8.31. The van der Waals surface area contributed by atoms with Crippen LogP contribution in [-0.4, -0.2) is 57.8 Å². The molecular formula is C26H32N2O6. The molecule has 0 radical (unpaired) electrons. The zero-order valence-electron chi connectivity index (χ0n) is 20.3. The zero-order chi connectivity index (χ0) is 24.7. The topological polar surface area (TPSA) is 86.3 Å². The lowest BCUT2D eigenvalue weighted by atomic mass is 10.0. The van der Waals surface area contributed by atoms with E-state index in [2.05, 4.69) is 19.2 Å². The van der Waals surface area contributed by atoms with Gasteiger partial charge in [-0.2, -0.15) is 0 Å². The lowest BCUT2D eigenvalue weighted by Crippen LogP contribution is -2.33. The molecule has 0 aliphatic carbocycles. The number of anilines is 1. The number of ether oxygens (including phenoxy) is 4. The normalized spacial score (nSPS) is 13.6. The van der Waals surface area contributed by atoms with E-state index in [1.807, 2.05) is 12.1 Å². The van der Waals surface area contributed by atoms with Gasteiger partial charge in [-0.1, -0.05) is 26.0 Å². The van der Waals surface area contributed by atoms with Crippen LogP contribution in [0.5, 0.6) is 17.2 Å². The first-order valence-corrected chi connectivity index (χ1v) is 11.2. The summed E-state index contributed by atoms with van der Waals surface area (Å²) in [5, 5.41) is 3.14. The van der Waals surface area contributed by atoms with Gasteiger partial charge in [0.15, 0.2) is 0 Å². The summed E-state index contributed by atoms with van der Waals surface area (Å²) in [6.07, 6.45) is 0.545. The molecule has 2 aromatic rings. The number of rotatable bonds is 12. The molecule has 0 bridgehead atoms. The minimum atomic E-state index is -0.391. The predicted octanol–water partition coefficient (Wildman–Crippen LogP) is 3.97. The average Bonchev–Trinajstić information content (AvgIpc) is 3.07. The minimum Gasteiger partial charge on any atom is -0.497 e. The molecule has 34 heavy (non-hydrogen) atoms. The van der Waals surface area contributed by atoms with Crippen molar-refractivity contribution in [1.29, 1.82) is 0 Å². The van der Waals surface area contributed by atoms with Gasteiger partial charge >= 0.3 is 0 Å². The summed E-state index contributed by atoms with van der Waals surface area (Å²) < 4.78 is 21.5. The fourth-order valence-electron chi connectivity index (χ4n) is 3.53. The van der Waals surface area contributed by atoms with E-state index in [1.165, 1.54) is 4.90 Å². The minimum absolute atomic E-state index is 0.202. The van der Waals surface area contributed by atoms with E-state index in [1.54, 1.807) is 51.7 Å². The number of nitrogens with one attached hydrogen (secondary N) is 1. The first kappa shape index (κ1) is 25.1. The number of hydrogen-bond donors (Lipinski definition) is 1. The summed E-state index contributed by atoms with van der Waals surface area (Å²) in [5.41, 5.74) is 1.70. The van der Waals surface area contributed by atoms with Crippen molar-refractivity contribution in [2.75, 3.05) is 46.4 Å². The molecule has 0 atom stereocenters. The van der Waals surface area contributed by atoms with Crippen LogP contribution in [0.15, 0.2) is 48.2 Å². The molecule has 0 saturated carbocycles. The standard InChI is InChI=1S/C26H32N2O6/c1-17(2)16-34-20-9-7-18(8-10-20)23-24(26(30)28(25(23)29)11-6-12-31-3)27-19-13-21(32-4)15-22(14-19)33-5/h7-10,13-15,17,27H,6,11-12,16H2,1-5H3. The van der Waals surface area contributed by atoms with Crippen molar-refractivity contribution in [3.63, 3.8) is 0 Å². The average molecular weight is 469 g/mol. The Kier molecular flexibility index (Phi) is 8.54. The van der Waals surface area contributed by atoms with Gasteiger partial charge in [0.2, 0.25) is 0 Å². The van der Waals surface area contributed by atoms with Crippen LogP contribution < -0.4 is 19.5 Å². The second-order valence-electron chi connectivity index (χ2n) is 8.31. The van der Waals surface area contributed by atoms with E-state index < -0.39 is 5.91 Å². The smallest absolute Gasteiger partial charge is 0.278 e. The van der Waals surface area contributed by atoms with Gasteiger partial charge in [0, 0.05) is 44.1 Å². The summed E-state index contributed by atoms with van der Waals surface area (Å²) in [5.74, 6) is 1.48. The van der Waals surface area contributed by atoms with Crippen molar-refractivity contribution in [2.24, 2.45) is 5.92 Å². The monoisotopic (exact) mass is 468 g/mol. The number of imide groups is 1. The molecule has 1 heterocycles. The molecule has 0 unspecified atom stereocenters. The molecule has 0 aromatic heterocycles. The number of nitrogens with zero attached hydrogens (tertiary/aromatic N) is 1. The van der Waals surface area contributed by atoms with Crippen molar-refractivity contribution >= 4 is 23.1 Å². The quantitative estimate of drug-likeness (QED) is 0.373. The van der Waals surface area contributed by atoms with E-state index >= 15 is 0 Å². The molecule has 1 aliphatic rings. The van der Waals surface area contributed by atoms with Crippen LogP contribution in [0.4, 0.5) is 5.69 Å². The van der Waals surface area contributed by atoms with Crippen LogP contribution in [0.1, 0.15) is 25.8 Å². The first-order chi connectivity index (χ1) is 16.4. The molecular weight excluding hydrogens is 436 g/mol. The van der Waals surface area contributed by atoms with Crippen LogP contribution in [0.25, 0.3) is 5.57 Å². The third-order valence-corrected chi connectivity index (χ3v) is 5.25. The molecule has 2 amide bonds. The molecule has 0 spiro atoms. The number of hydrogen-bond acceptors (Lipinski definition) is 7. The van der Waals surface area contributed by atoms with Gasteiger partial charge in [0.05, 0.1) is 26.4 Å². The maximum Gasteiger partial charge on any atom is 0.278 e. The first-order valence-electron chi connectivity index (χ1n) is 11.2. The van der Waals surface area contributed by atoms with Gasteiger partial charge in [-0.15, -0.1) is 0 Å². The van der Waals surface area contributed by atoms with Gasteiger partial charge < -0.3 is 24.3 Å². The van der Waals surface area contributed by atoms with Crippen molar-refractivity contribution < 1.29 is 28.5 Å². The van der Waals surface area contributed by atoms with Crippen LogP contribution in [0, 0.1) is 5.92 Å². The van der Waals surface area contributed by atoms with E-state index in [0.717, 1.165) is 0 Å². The van der Waals surface area contributed by atoms with E-state index in [9.17, 15) is 9.59 Å². The number of methoxy groups -OCH3 is 3. The Morgan fingerprint density at radius 3 is 2.09 bits per heavy atom. The Labute approximate surface area is 200 Å². The number of benzene rings is 2. The highest BCUT2D eigenvalue weighted by Gasteiger charge is 2.39. The summed E-state index contributed by atoms with van der Waals surface area (Å²) in [4.78, 5) is 27.9. The SMILES string of the molecule is COCCCN1C(=O)C(Nc2cc(OC)cc(OC)c2)=C(c2ccc(OCC(C)C)cc2)C1=O. The Hall–Kier alpha value is -3.52. The summed E-state index contributed by atoms with van der Waals surface area (Å²) in [6.45, 7) is 5.45. The Bertz CT molecular complexity index is 1020. The van der Waals surface area contributed by atoms with Gasteiger partial charge in [-0.05, 0) is 30.0 Å².